The molecule has 1 aliphatic rings. The number of imide groups is 1. The highest BCUT2D eigenvalue weighted by Gasteiger charge is 2.31. The first-order valence-electron chi connectivity index (χ1n) is 8.92. The van der Waals surface area contributed by atoms with E-state index in [1.165, 1.54) is 22.5 Å². The van der Waals surface area contributed by atoms with Crippen molar-refractivity contribution in [2.24, 2.45) is 0 Å². The van der Waals surface area contributed by atoms with Crippen LogP contribution < -0.4 is 15.5 Å². The van der Waals surface area contributed by atoms with Gasteiger partial charge in [-0.15, -0.1) is 0 Å². The number of amides is 3. The lowest BCUT2D eigenvalue weighted by Crippen LogP contribution is -3.15. The van der Waals surface area contributed by atoms with E-state index in [0.29, 0.717) is 13.1 Å². The molecule has 10 heteroatoms. The van der Waals surface area contributed by atoms with Crippen molar-refractivity contribution in [1.82, 2.24) is 14.9 Å². The quantitative estimate of drug-likeness (QED) is 0.589. The number of carbonyl (C=O) groups is 2. The molecule has 150 valence electrons. The summed E-state index contributed by atoms with van der Waals surface area (Å²) in [4.78, 5) is 24.4. The van der Waals surface area contributed by atoms with Crippen LogP contribution in [-0.4, -0.2) is 63.4 Å². The van der Waals surface area contributed by atoms with Crippen molar-refractivity contribution in [3.8, 4) is 0 Å². The maximum atomic E-state index is 13.3. The normalized spacial score (nSPS) is 17.3. The third-order valence-corrected chi connectivity index (χ3v) is 6.41. The Morgan fingerprint density at radius 2 is 1.96 bits per heavy atom. The average molecular weight is 401 g/mol. The number of sulfonamides is 1. The Bertz CT molecular complexity index is 779. The molecule has 0 unspecified atom stereocenters. The van der Waals surface area contributed by atoms with Crippen LogP contribution in [0.2, 0.25) is 0 Å². The SMILES string of the molecule is CC[C@H](C)NC(=O)NC(=O)C[NH+]1CCN(S(=O)(=O)c2cccc(F)c2)CC1. The molecule has 1 aromatic rings. The number of benzene rings is 1. The molecule has 8 nitrogen and oxygen atoms in total. The van der Waals surface area contributed by atoms with Crippen LogP contribution in [0.4, 0.5) is 9.18 Å². The minimum atomic E-state index is -3.76. The van der Waals surface area contributed by atoms with Gasteiger partial charge >= 0.3 is 6.03 Å². The Balaban J connectivity index is 1.84. The molecule has 3 amide bonds. The second-order valence-corrected chi connectivity index (χ2v) is 8.56. The van der Waals surface area contributed by atoms with Gasteiger partial charge in [-0.05, 0) is 31.5 Å². The van der Waals surface area contributed by atoms with Crippen molar-refractivity contribution in [2.45, 2.75) is 31.2 Å². The van der Waals surface area contributed by atoms with E-state index in [4.69, 9.17) is 0 Å². The Morgan fingerprint density at radius 1 is 1.30 bits per heavy atom. The molecule has 1 aliphatic heterocycles. The number of nitrogens with one attached hydrogen (secondary N) is 3. The van der Waals surface area contributed by atoms with Crippen LogP contribution in [0.1, 0.15) is 20.3 Å². The zero-order chi connectivity index (χ0) is 20.0. The maximum Gasteiger partial charge on any atom is 0.321 e. The Morgan fingerprint density at radius 3 is 2.56 bits per heavy atom. The molecule has 0 bridgehead atoms. The van der Waals surface area contributed by atoms with E-state index in [1.54, 1.807) is 0 Å². The zero-order valence-corrected chi connectivity index (χ0v) is 16.3. The molecule has 0 spiro atoms. The Hall–Kier alpha value is -2.04. The topological polar surface area (TPSA) is 100 Å². The number of halogens is 1. The van der Waals surface area contributed by atoms with Crippen LogP contribution in [0.3, 0.4) is 0 Å². The number of urea groups is 1. The lowest BCUT2D eigenvalue weighted by atomic mass is 10.3. The highest BCUT2D eigenvalue weighted by molar-refractivity contribution is 7.89. The second kappa shape index (κ2) is 9.25. The Labute approximate surface area is 158 Å². The number of rotatable bonds is 6. The lowest BCUT2D eigenvalue weighted by molar-refractivity contribution is -0.895. The fourth-order valence-corrected chi connectivity index (χ4v) is 4.23. The van der Waals surface area contributed by atoms with Crippen LogP contribution in [0.5, 0.6) is 0 Å². The highest BCUT2D eigenvalue weighted by Crippen LogP contribution is 2.16. The highest BCUT2D eigenvalue weighted by atomic mass is 32.2. The van der Waals surface area contributed by atoms with E-state index < -0.39 is 27.8 Å². The molecule has 1 fully saturated rings. The summed E-state index contributed by atoms with van der Waals surface area (Å²) in [6, 6.07) is 4.36. The first kappa shape index (κ1) is 21.3. The monoisotopic (exact) mass is 401 g/mol. The van der Waals surface area contributed by atoms with Crippen molar-refractivity contribution in [3.05, 3.63) is 30.1 Å². The van der Waals surface area contributed by atoms with E-state index in [1.807, 2.05) is 13.8 Å². The third kappa shape index (κ3) is 5.98. The third-order valence-electron chi connectivity index (χ3n) is 4.52. The largest absolute Gasteiger partial charge is 0.335 e. The van der Waals surface area contributed by atoms with E-state index >= 15 is 0 Å². The van der Waals surface area contributed by atoms with Gasteiger partial charge in [0.15, 0.2) is 6.54 Å². The number of nitrogens with zero attached hydrogens (tertiary/aromatic N) is 1. The van der Waals surface area contributed by atoms with Crippen LogP contribution in [-0.2, 0) is 14.8 Å². The van der Waals surface area contributed by atoms with E-state index in [-0.39, 0.29) is 30.6 Å². The molecule has 0 aliphatic carbocycles. The molecule has 1 saturated heterocycles. The minimum absolute atomic E-state index is 0.0262. The molecule has 0 aromatic heterocycles. The number of carbonyl (C=O) groups excluding carboxylic acids is 2. The standard InChI is InChI=1S/C17H25FN4O4S/c1-3-13(2)19-17(24)20-16(23)12-21-7-9-22(10-8-21)27(25,26)15-6-4-5-14(18)11-15/h4-6,11,13H,3,7-10,12H2,1-2H3,(H2,19,20,23,24)/p+1/t13-/m0/s1. The van der Waals surface area contributed by atoms with Crippen LogP contribution in [0, 0.1) is 5.82 Å². The van der Waals surface area contributed by atoms with Crippen molar-refractivity contribution in [2.75, 3.05) is 32.7 Å². The summed E-state index contributed by atoms with van der Waals surface area (Å²) in [5.41, 5.74) is 0. The van der Waals surface area contributed by atoms with Crippen LogP contribution in [0.25, 0.3) is 0 Å². The molecule has 1 aromatic carbocycles. The minimum Gasteiger partial charge on any atom is -0.335 e. The fourth-order valence-electron chi connectivity index (χ4n) is 2.76. The smallest absolute Gasteiger partial charge is 0.321 e. The number of piperazine rings is 1. The lowest BCUT2D eigenvalue weighted by Gasteiger charge is -2.31. The van der Waals surface area contributed by atoms with Gasteiger partial charge < -0.3 is 10.2 Å². The summed E-state index contributed by atoms with van der Waals surface area (Å²) in [5, 5.41) is 4.93. The molecule has 2 rings (SSSR count). The molecule has 27 heavy (non-hydrogen) atoms. The molecule has 1 atom stereocenters. The summed E-state index contributed by atoms with van der Waals surface area (Å²) in [7, 11) is -3.76. The fraction of sp³-hybridized carbons (Fsp3) is 0.529. The van der Waals surface area contributed by atoms with Crippen LogP contribution >= 0.6 is 0 Å². The van der Waals surface area contributed by atoms with Crippen molar-refractivity contribution >= 4 is 22.0 Å². The van der Waals surface area contributed by atoms with Gasteiger partial charge in [0.2, 0.25) is 10.0 Å². The summed E-state index contributed by atoms with van der Waals surface area (Å²) in [6.07, 6.45) is 0.759. The first-order valence-corrected chi connectivity index (χ1v) is 10.4. The number of hydrogen-bond acceptors (Lipinski definition) is 4. The number of quaternary nitrogens is 1. The van der Waals surface area contributed by atoms with E-state index in [9.17, 15) is 22.4 Å². The van der Waals surface area contributed by atoms with Gasteiger partial charge in [-0.3, -0.25) is 10.1 Å². The van der Waals surface area contributed by atoms with Gasteiger partial charge in [-0.25, -0.2) is 17.6 Å². The van der Waals surface area contributed by atoms with Gasteiger partial charge in [0.05, 0.1) is 31.1 Å². The van der Waals surface area contributed by atoms with Gasteiger partial charge in [0.25, 0.3) is 5.91 Å². The van der Waals surface area contributed by atoms with Gasteiger partial charge in [-0.1, -0.05) is 13.0 Å². The maximum absolute atomic E-state index is 13.3. The summed E-state index contributed by atoms with van der Waals surface area (Å²) < 4.78 is 39.7. The second-order valence-electron chi connectivity index (χ2n) is 6.62. The summed E-state index contributed by atoms with van der Waals surface area (Å²) >= 11 is 0. The van der Waals surface area contributed by atoms with E-state index in [2.05, 4.69) is 10.6 Å². The first-order chi connectivity index (χ1) is 12.7. The molecular weight excluding hydrogens is 375 g/mol. The van der Waals surface area contributed by atoms with E-state index in [0.717, 1.165) is 17.4 Å². The Kier molecular flexibility index (Phi) is 7.28. The van der Waals surface area contributed by atoms with Crippen molar-refractivity contribution < 1.29 is 27.3 Å². The van der Waals surface area contributed by atoms with Gasteiger partial charge in [0, 0.05) is 6.04 Å². The van der Waals surface area contributed by atoms with Crippen molar-refractivity contribution in [1.29, 1.82) is 0 Å². The summed E-state index contributed by atoms with van der Waals surface area (Å²) in [6.45, 7) is 5.15. The molecule has 0 saturated carbocycles. The average Bonchev–Trinajstić information content (AvgIpc) is 2.61. The predicted octanol–water partition coefficient (Wildman–Crippen LogP) is -0.661. The molecule has 1 heterocycles. The predicted molar refractivity (Wildman–Crippen MR) is 97.1 cm³/mol. The number of hydrogen-bond donors (Lipinski definition) is 3. The summed E-state index contributed by atoms with van der Waals surface area (Å²) in [5.74, 6) is -1.01. The molecular formula is C17H26FN4O4S+. The van der Waals surface area contributed by atoms with Gasteiger partial charge in [-0.2, -0.15) is 4.31 Å². The zero-order valence-electron chi connectivity index (χ0n) is 15.5. The van der Waals surface area contributed by atoms with Crippen molar-refractivity contribution in [3.63, 3.8) is 0 Å². The van der Waals surface area contributed by atoms with Gasteiger partial charge in [0.1, 0.15) is 5.82 Å². The molecule has 0 radical (unpaired) electrons. The van der Waals surface area contributed by atoms with Crippen LogP contribution in [0.15, 0.2) is 29.2 Å². The molecule has 3 N–H and O–H groups in total.